The van der Waals surface area contributed by atoms with Crippen molar-refractivity contribution >= 4 is 11.9 Å². The number of amides is 1. The van der Waals surface area contributed by atoms with Gasteiger partial charge >= 0.3 is 5.97 Å². The van der Waals surface area contributed by atoms with E-state index in [4.69, 9.17) is 4.74 Å². The molecule has 0 fully saturated rings. The summed E-state index contributed by atoms with van der Waals surface area (Å²) in [5.74, 6) is -0.0470. The molecular weight excluding hydrogens is 1100 g/mol. The number of allylic oxidation sites excluding steroid dienone is 7. The van der Waals surface area contributed by atoms with Crippen LogP contribution >= 0.6 is 0 Å². The molecule has 2 unspecified atom stereocenters. The van der Waals surface area contributed by atoms with Crippen LogP contribution in [0.4, 0.5) is 0 Å². The molecule has 530 valence electrons. The van der Waals surface area contributed by atoms with Crippen LogP contribution in [0.3, 0.4) is 0 Å². The summed E-state index contributed by atoms with van der Waals surface area (Å²) in [6, 6.07) is -0.628. The van der Waals surface area contributed by atoms with Crippen LogP contribution in [0.25, 0.3) is 0 Å². The average molecular weight is 1260 g/mol. The zero-order chi connectivity index (χ0) is 64.9. The summed E-state index contributed by atoms with van der Waals surface area (Å²) in [5, 5.41) is 23.3. The molecule has 0 heterocycles. The molecule has 0 aromatic rings. The van der Waals surface area contributed by atoms with Gasteiger partial charge in [0, 0.05) is 12.8 Å². The number of esters is 1. The highest BCUT2D eigenvalue weighted by atomic mass is 16.5. The first-order valence-electron chi connectivity index (χ1n) is 40.9. The quantitative estimate of drug-likeness (QED) is 0.0320. The van der Waals surface area contributed by atoms with E-state index in [1.54, 1.807) is 6.08 Å². The molecule has 6 heteroatoms. The summed E-state index contributed by atoms with van der Waals surface area (Å²) >= 11 is 0. The van der Waals surface area contributed by atoms with E-state index in [0.29, 0.717) is 19.4 Å². The molecule has 0 aliphatic heterocycles. The zero-order valence-corrected chi connectivity index (χ0v) is 60.9. The molecule has 0 saturated carbocycles. The minimum Gasteiger partial charge on any atom is -0.466 e. The number of hydrogen-bond acceptors (Lipinski definition) is 5. The Balaban J connectivity index is 3.38. The van der Waals surface area contributed by atoms with Crippen LogP contribution < -0.4 is 5.32 Å². The van der Waals surface area contributed by atoms with Crippen LogP contribution in [-0.4, -0.2) is 47.4 Å². The van der Waals surface area contributed by atoms with Crippen LogP contribution in [0.2, 0.25) is 0 Å². The number of hydrogen-bond donors (Lipinski definition) is 3. The number of carbonyl (C=O) groups excluding carboxylic acids is 2. The largest absolute Gasteiger partial charge is 0.466 e. The van der Waals surface area contributed by atoms with Gasteiger partial charge in [-0.3, -0.25) is 9.59 Å². The SMILES string of the molecule is CCCCC/C=C\C/C=C\CCCCCCCCCCCC(=O)OCCCCCCCCCCCCCC/C=C\CCCCCCCCCCCCCCCCCC(=O)NC(CO)C(O)/C=C/CCCCCCCCCCCCCCCCCCCCCCC. The fourth-order valence-corrected chi connectivity index (χ4v) is 12.8. The van der Waals surface area contributed by atoms with Gasteiger partial charge in [0.2, 0.25) is 5.91 Å². The van der Waals surface area contributed by atoms with Gasteiger partial charge in [-0.15, -0.1) is 0 Å². The van der Waals surface area contributed by atoms with Crippen LogP contribution in [0, 0.1) is 0 Å². The van der Waals surface area contributed by atoms with Crippen molar-refractivity contribution in [1.82, 2.24) is 5.32 Å². The van der Waals surface area contributed by atoms with Gasteiger partial charge in [0.1, 0.15) is 0 Å². The van der Waals surface area contributed by atoms with Gasteiger partial charge in [-0.1, -0.05) is 396 Å². The second-order valence-electron chi connectivity index (χ2n) is 28.1. The van der Waals surface area contributed by atoms with Gasteiger partial charge in [-0.2, -0.15) is 0 Å². The zero-order valence-electron chi connectivity index (χ0n) is 60.9. The summed E-state index contributed by atoms with van der Waals surface area (Å²) in [6.07, 6.45) is 105. The molecule has 0 spiro atoms. The van der Waals surface area contributed by atoms with E-state index < -0.39 is 12.1 Å². The van der Waals surface area contributed by atoms with Gasteiger partial charge < -0.3 is 20.3 Å². The average Bonchev–Trinajstić information content (AvgIpc) is 3.59. The molecule has 0 aliphatic carbocycles. The maximum absolute atomic E-state index is 12.6. The van der Waals surface area contributed by atoms with Crippen molar-refractivity contribution in [3.05, 3.63) is 48.6 Å². The monoisotopic (exact) mass is 1260 g/mol. The molecule has 0 bridgehead atoms. The Morgan fingerprint density at radius 3 is 0.878 bits per heavy atom. The van der Waals surface area contributed by atoms with Crippen molar-refractivity contribution in [2.75, 3.05) is 13.2 Å². The van der Waals surface area contributed by atoms with E-state index in [2.05, 4.69) is 55.6 Å². The molecule has 0 aromatic heterocycles. The van der Waals surface area contributed by atoms with E-state index in [-0.39, 0.29) is 18.5 Å². The lowest BCUT2D eigenvalue weighted by atomic mass is 10.0. The van der Waals surface area contributed by atoms with Crippen molar-refractivity contribution in [3.63, 3.8) is 0 Å². The predicted molar refractivity (Wildman–Crippen MR) is 398 cm³/mol. The van der Waals surface area contributed by atoms with Crippen molar-refractivity contribution in [3.8, 4) is 0 Å². The van der Waals surface area contributed by atoms with Crippen molar-refractivity contribution < 1.29 is 24.5 Å². The minimum absolute atomic E-state index is 0.0143. The lowest BCUT2D eigenvalue weighted by molar-refractivity contribution is -0.143. The number of carbonyl (C=O) groups is 2. The first kappa shape index (κ1) is 87.8. The summed E-state index contributed by atoms with van der Waals surface area (Å²) in [5.41, 5.74) is 0. The molecular formula is C84H159NO5. The Labute approximate surface area is 563 Å². The van der Waals surface area contributed by atoms with Crippen LogP contribution in [-0.2, 0) is 14.3 Å². The first-order chi connectivity index (χ1) is 44.5. The van der Waals surface area contributed by atoms with E-state index in [1.807, 2.05) is 6.08 Å². The van der Waals surface area contributed by atoms with Gasteiger partial charge in [0.05, 0.1) is 25.4 Å². The summed E-state index contributed by atoms with van der Waals surface area (Å²) < 4.78 is 5.51. The summed E-state index contributed by atoms with van der Waals surface area (Å²) in [4.78, 5) is 24.7. The third-order valence-corrected chi connectivity index (χ3v) is 19.1. The van der Waals surface area contributed by atoms with Crippen molar-refractivity contribution in [1.29, 1.82) is 0 Å². The van der Waals surface area contributed by atoms with Gasteiger partial charge in [0.25, 0.3) is 0 Å². The Bertz CT molecular complexity index is 1500. The van der Waals surface area contributed by atoms with E-state index in [1.165, 1.54) is 372 Å². The lowest BCUT2D eigenvalue weighted by Gasteiger charge is -2.20. The topological polar surface area (TPSA) is 95.9 Å². The van der Waals surface area contributed by atoms with Gasteiger partial charge in [-0.25, -0.2) is 0 Å². The lowest BCUT2D eigenvalue weighted by Crippen LogP contribution is -2.45. The summed E-state index contributed by atoms with van der Waals surface area (Å²) in [6.45, 7) is 4.93. The molecule has 6 nitrogen and oxygen atoms in total. The first-order valence-corrected chi connectivity index (χ1v) is 40.9. The predicted octanol–water partition coefficient (Wildman–Crippen LogP) is 27.2. The van der Waals surface area contributed by atoms with Crippen LogP contribution in [0.15, 0.2) is 48.6 Å². The molecule has 90 heavy (non-hydrogen) atoms. The molecule has 3 N–H and O–H groups in total. The molecule has 0 aliphatic rings. The second-order valence-corrected chi connectivity index (χ2v) is 28.1. The standard InChI is InChI=1S/C84H159NO5/c1-3-5-7-9-11-13-15-17-19-21-23-24-34-37-41-44-48-52-56-60-64-68-72-76-82(87)81(80-86)85-83(88)77-73-69-65-61-57-53-49-45-42-38-35-32-30-28-26-25-27-29-31-33-36-39-43-47-51-55-59-63-67-71-75-79-90-84(89)78-74-70-66-62-58-54-50-46-40-22-20-18-16-14-12-10-8-6-4-2/h12,14,18,20,27,29,72,76,81-82,86-87H,3-11,13,15-17,19,21-26,28,30-71,73-75,77-80H2,1-2H3,(H,85,88)/b14-12-,20-18-,29-27-,76-72+. The highest BCUT2D eigenvalue weighted by Gasteiger charge is 2.18. The third kappa shape index (κ3) is 74.9. The van der Waals surface area contributed by atoms with E-state index >= 15 is 0 Å². The van der Waals surface area contributed by atoms with E-state index in [9.17, 15) is 19.8 Å². The number of nitrogens with one attached hydrogen (secondary N) is 1. The molecule has 1 amide bonds. The molecule has 0 aromatic carbocycles. The number of unbranched alkanes of at least 4 members (excludes halogenated alkanes) is 60. The van der Waals surface area contributed by atoms with E-state index in [0.717, 1.165) is 51.4 Å². The smallest absolute Gasteiger partial charge is 0.305 e. The van der Waals surface area contributed by atoms with Gasteiger partial charge in [-0.05, 0) is 89.9 Å². The highest BCUT2D eigenvalue weighted by molar-refractivity contribution is 5.76. The molecule has 0 saturated heterocycles. The third-order valence-electron chi connectivity index (χ3n) is 19.1. The molecule has 0 rings (SSSR count). The maximum Gasteiger partial charge on any atom is 0.305 e. The van der Waals surface area contributed by atoms with Crippen LogP contribution in [0.5, 0.6) is 0 Å². The van der Waals surface area contributed by atoms with Crippen LogP contribution in [0.1, 0.15) is 450 Å². The highest BCUT2D eigenvalue weighted by Crippen LogP contribution is 2.20. The Morgan fingerprint density at radius 1 is 0.311 bits per heavy atom. The number of aliphatic hydroxyl groups excluding tert-OH is 2. The van der Waals surface area contributed by atoms with Crippen molar-refractivity contribution in [2.45, 2.75) is 463 Å². The summed E-state index contributed by atoms with van der Waals surface area (Å²) in [7, 11) is 0. The van der Waals surface area contributed by atoms with Crippen molar-refractivity contribution in [2.24, 2.45) is 0 Å². The second kappa shape index (κ2) is 79.3. The van der Waals surface area contributed by atoms with Gasteiger partial charge in [0.15, 0.2) is 0 Å². The molecule has 0 radical (unpaired) electrons. The Hall–Kier alpha value is -2.18. The maximum atomic E-state index is 12.6. The fourth-order valence-electron chi connectivity index (χ4n) is 12.8. The fraction of sp³-hybridized carbons (Fsp3) is 0.881. The number of rotatable bonds is 77. The Kier molecular flexibility index (Phi) is 77.3. The number of aliphatic hydroxyl groups is 2. The normalized spacial score (nSPS) is 12.7. The Morgan fingerprint density at radius 2 is 0.556 bits per heavy atom. The minimum atomic E-state index is -0.845. The molecule has 2 atom stereocenters. The number of ether oxygens (including phenoxy) is 1.